The van der Waals surface area contributed by atoms with Crippen LogP contribution in [0.1, 0.15) is 18.1 Å². The summed E-state index contributed by atoms with van der Waals surface area (Å²) in [6.07, 6.45) is 0. The van der Waals surface area contributed by atoms with Crippen molar-refractivity contribution in [3.63, 3.8) is 0 Å². The summed E-state index contributed by atoms with van der Waals surface area (Å²) in [6, 6.07) is 19.9. The van der Waals surface area contributed by atoms with Gasteiger partial charge in [0.1, 0.15) is 0 Å². The molecular weight excluding hydrogens is 320 g/mol. The minimum Gasteiger partial charge on any atom is -0.294 e. The summed E-state index contributed by atoms with van der Waals surface area (Å²) in [4.78, 5) is 2.35. The molecule has 0 aromatic heterocycles. The maximum absolute atomic E-state index is 12.7. The highest BCUT2D eigenvalue weighted by Gasteiger charge is 2.31. The van der Waals surface area contributed by atoms with E-state index in [9.17, 15) is 8.42 Å². The highest BCUT2D eigenvalue weighted by molar-refractivity contribution is 7.88. The average molecular weight is 344 g/mol. The lowest BCUT2D eigenvalue weighted by atomic mass is 10.1. The summed E-state index contributed by atoms with van der Waals surface area (Å²) in [5, 5.41) is 0. The van der Waals surface area contributed by atoms with Crippen molar-refractivity contribution in [1.29, 1.82) is 0 Å². The summed E-state index contributed by atoms with van der Waals surface area (Å²) in [7, 11) is -3.26. The highest BCUT2D eigenvalue weighted by Crippen LogP contribution is 2.18. The number of piperazine rings is 1. The summed E-state index contributed by atoms with van der Waals surface area (Å²) in [5.41, 5.74) is 2.11. The third kappa shape index (κ3) is 4.23. The molecular formula is C19H24N2O2S. The Hall–Kier alpha value is -1.69. The molecule has 1 aliphatic heterocycles. The van der Waals surface area contributed by atoms with Crippen LogP contribution < -0.4 is 0 Å². The van der Waals surface area contributed by atoms with Gasteiger partial charge in [0.25, 0.3) is 0 Å². The van der Waals surface area contributed by atoms with E-state index in [-0.39, 0.29) is 11.8 Å². The second kappa shape index (κ2) is 7.47. The van der Waals surface area contributed by atoms with Gasteiger partial charge in [0.05, 0.1) is 5.75 Å². The molecule has 3 rings (SSSR count). The molecule has 1 heterocycles. The van der Waals surface area contributed by atoms with E-state index in [1.807, 2.05) is 48.5 Å². The number of nitrogens with zero attached hydrogens (tertiary/aromatic N) is 2. The van der Waals surface area contributed by atoms with Crippen molar-refractivity contribution in [3.8, 4) is 0 Å². The van der Waals surface area contributed by atoms with E-state index in [0.717, 1.165) is 18.7 Å². The highest BCUT2D eigenvalue weighted by atomic mass is 32.2. The second-order valence-electron chi connectivity index (χ2n) is 6.40. The summed E-state index contributed by atoms with van der Waals surface area (Å²) in [5.74, 6) is 0.0826. The van der Waals surface area contributed by atoms with Gasteiger partial charge in [-0.2, -0.15) is 4.31 Å². The molecule has 1 fully saturated rings. The predicted octanol–water partition coefficient (Wildman–Crippen LogP) is 2.72. The van der Waals surface area contributed by atoms with Crippen molar-refractivity contribution in [2.45, 2.75) is 25.3 Å². The van der Waals surface area contributed by atoms with Gasteiger partial charge in [-0.15, -0.1) is 0 Å². The molecule has 1 atom stereocenters. The van der Waals surface area contributed by atoms with E-state index in [2.05, 4.69) is 24.0 Å². The lowest BCUT2D eigenvalue weighted by molar-refractivity contribution is 0.122. The molecule has 1 unspecified atom stereocenters. The summed E-state index contributed by atoms with van der Waals surface area (Å²) < 4.78 is 27.0. The van der Waals surface area contributed by atoms with Gasteiger partial charge in [-0.05, 0) is 18.1 Å². The predicted molar refractivity (Wildman–Crippen MR) is 97.0 cm³/mol. The Bertz CT molecular complexity index is 747. The van der Waals surface area contributed by atoms with Gasteiger partial charge in [-0.25, -0.2) is 8.42 Å². The molecule has 0 bridgehead atoms. The molecule has 24 heavy (non-hydrogen) atoms. The third-order valence-electron chi connectivity index (χ3n) is 4.54. The smallest absolute Gasteiger partial charge is 0.218 e. The van der Waals surface area contributed by atoms with Gasteiger partial charge in [0.15, 0.2) is 0 Å². The van der Waals surface area contributed by atoms with Crippen LogP contribution in [0, 0.1) is 0 Å². The Kier molecular flexibility index (Phi) is 5.33. The van der Waals surface area contributed by atoms with E-state index >= 15 is 0 Å². The van der Waals surface area contributed by atoms with Crippen molar-refractivity contribution in [2.75, 3.05) is 19.6 Å². The van der Waals surface area contributed by atoms with E-state index in [4.69, 9.17) is 0 Å². The van der Waals surface area contributed by atoms with Gasteiger partial charge >= 0.3 is 0 Å². The lowest BCUT2D eigenvalue weighted by Gasteiger charge is -2.39. The van der Waals surface area contributed by atoms with Crippen LogP contribution in [-0.2, 0) is 22.3 Å². The maximum Gasteiger partial charge on any atom is 0.218 e. The summed E-state index contributed by atoms with van der Waals surface area (Å²) in [6.45, 7) is 4.86. The SMILES string of the molecule is CC1CN(S(=O)(=O)Cc2ccccc2)CCN1Cc1ccccc1. The van der Waals surface area contributed by atoms with Gasteiger partial charge in [-0.1, -0.05) is 60.7 Å². The standard InChI is InChI=1S/C19H24N2O2S/c1-17-14-21(24(22,23)16-19-10-6-3-7-11-19)13-12-20(17)15-18-8-4-2-5-9-18/h2-11,17H,12-16H2,1H3. The van der Waals surface area contributed by atoms with Gasteiger partial charge in [-0.3, -0.25) is 4.90 Å². The van der Waals surface area contributed by atoms with Crippen molar-refractivity contribution in [3.05, 3.63) is 71.8 Å². The number of hydrogen-bond donors (Lipinski definition) is 0. The molecule has 2 aromatic rings. The Balaban J connectivity index is 1.62. The first kappa shape index (κ1) is 17.1. The van der Waals surface area contributed by atoms with Crippen LogP contribution in [0.4, 0.5) is 0 Å². The van der Waals surface area contributed by atoms with Crippen LogP contribution in [0.2, 0.25) is 0 Å². The van der Waals surface area contributed by atoms with Crippen LogP contribution in [0.5, 0.6) is 0 Å². The Morgan fingerprint density at radius 3 is 2.08 bits per heavy atom. The Morgan fingerprint density at radius 1 is 0.917 bits per heavy atom. The average Bonchev–Trinajstić information content (AvgIpc) is 2.58. The molecule has 0 saturated carbocycles. The molecule has 0 radical (unpaired) electrons. The second-order valence-corrected chi connectivity index (χ2v) is 8.37. The first-order valence-corrected chi connectivity index (χ1v) is 9.95. The molecule has 1 aliphatic rings. The number of sulfonamides is 1. The minimum absolute atomic E-state index is 0.0826. The molecule has 128 valence electrons. The number of benzene rings is 2. The van der Waals surface area contributed by atoms with Crippen molar-refractivity contribution >= 4 is 10.0 Å². The van der Waals surface area contributed by atoms with Gasteiger partial charge in [0.2, 0.25) is 10.0 Å². The van der Waals surface area contributed by atoms with Gasteiger partial charge in [0, 0.05) is 32.2 Å². The molecule has 1 saturated heterocycles. The molecule has 4 nitrogen and oxygen atoms in total. The van der Waals surface area contributed by atoms with E-state index in [0.29, 0.717) is 13.1 Å². The molecule has 0 aliphatic carbocycles. The van der Waals surface area contributed by atoms with Crippen LogP contribution in [0.3, 0.4) is 0 Å². The minimum atomic E-state index is -3.26. The van der Waals surface area contributed by atoms with Crippen LogP contribution in [0.15, 0.2) is 60.7 Å². The van der Waals surface area contributed by atoms with Crippen molar-refractivity contribution < 1.29 is 8.42 Å². The van der Waals surface area contributed by atoms with E-state index in [1.165, 1.54) is 5.56 Å². The number of rotatable bonds is 5. The van der Waals surface area contributed by atoms with Gasteiger partial charge < -0.3 is 0 Å². The largest absolute Gasteiger partial charge is 0.294 e. The van der Waals surface area contributed by atoms with Crippen LogP contribution >= 0.6 is 0 Å². The zero-order valence-corrected chi connectivity index (χ0v) is 14.8. The molecule has 0 N–H and O–H groups in total. The third-order valence-corrected chi connectivity index (χ3v) is 6.36. The monoisotopic (exact) mass is 344 g/mol. The number of hydrogen-bond acceptors (Lipinski definition) is 3. The zero-order chi connectivity index (χ0) is 17.0. The normalized spacial score (nSPS) is 20.1. The Morgan fingerprint density at radius 2 is 1.50 bits per heavy atom. The molecule has 0 amide bonds. The fourth-order valence-electron chi connectivity index (χ4n) is 3.14. The fourth-order valence-corrected chi connectivity index (χ4v) is 4.74. The maximum atomic E-state index is 12.7. The first-order chi connectivity index (χ1) is 11.5. The van der Waals surface area contributed by atoms with Crippen LogP contribution in [-0.4, -0.2) is 43.3 Å². The Labute approximate surface area is 144 Å². The molecule has 5 heteroatoms. The lowest BCUT2D eigenvalue weighted by Crippen LogP contribution is -2.53. The van der Waals surface area contributed by atoms with Crippen molar-refractivity contribution in [2.24, 2.45) is 0 Å². The molecule has 2 aromatic carbocycles. The first-order valence-electron chi connectivity index (χ1n) is 8.34. The fraction of sp³-hybridized carbons (Fsp3) is 0.368. The zero-order valence-electron chi connectivity index (χ0n) is 14.0. The quantitative estimate of drug-likeness (QED) is 0.837. The topological polar surface area (TPSA) is 40.6 Å². The summed E-state index contributed by atoms with van der Waals surface area (Å²) >= 11 is 0. The van der Waals surface area contributed by atoms with Crippen LogP contribution in [0.25, 0.3) is 0 Å². The van der Waals surface area contributed by atoms with E-state index in [1.54, 1.807) is 4.31 Å². The molecule has 0 spiro atoms. The van der Waals surface area contributed by atoms with E-state index < -0.39 is 10.0 Å². The van der Waals surface area contributed by atoms with Crippen molar-refractivity contribution in [1.82, 2.24) is 9.21 Å².